The minimum Gasteiger partial charge on any atom is -0.468 e. The van der Waals surface area contributed by atoms with E-state index < -0.39 is 34.6 Å². The summed E-state index contributed by atoms with van der Waals surface area (Å²) in [6.07, 6.45) is -0.826. The largest absolute Gasteiger partial charge is 0.468 e. The van der Waals surface area contributed by atoms with Crippen LogP contribution in [0.1, 0.15) is 17.0 Å². The Labute approximate surface area is 165 Å². The van der Waals surface area contributed by atoms with Gasteiger partial charge in [0.15, 0.2) is 5.92 Å². The Bertz CT molecular complexity index is 898. The summed E-state index contributed by atoms with van der Waals surface area (Å²) < 4.78 is 14.1. The van der Waals surface area contributed by atoms with Gasteiger partial charge in [0.2, 0.25) is 0 Å². The average Bonchev–Trinajstić information content (AvgIpc) is 2.73. The van der Waals surface area contributed by atoms with Crippen LogP contribution in [-0.4, -0.2) is 37.2 Å². The minimum absolute atomic E-state index is 0.0135. The first kappa shape index (κ1) is 21.4. The molecule has 0 aliphatic carbocycles. The smallest absolute Gasteiger partial charge is 0.411 e. The van der Waals surface area contributed by atoms with Gasteiger partial charge in [-0.05, 0) is 17.7 Å². The summed E-state index contributed by atoms with van der Waals surface area (Å²) in [5.74, 6) is -3.66. The van der Waals surface area contributed by atoms with Crippen LogP contribution in [0.5, 0.6) is 0 Å². The summed E-state index contributed by atoms with van der Waals surface area (Å²) in [5.41, 5.74) is 0.0264. The number of ether oxygens (including phenoxy) is 3. The molecule has 0 atom stereocenters. The highest BCUT2D eigenvalue weighted by Gasteiger charge is 2.36. The van der Waals surface area contributed by atoms with Crippen molar-refractivity contribution in [2.45, 2.75) is 12.5 Å². The molecule has 10 heteroatoms. The summed E-state index contributed by atoms with van der Waals surface area (Å²) in [5, 5.41) is 13.8. The Morgan fingerprint density at radius 3 is 2.21 bits per heavy atom. The number of nitrogens with zero attached hydrogens (tertiary/aromatic N) is 1. The van der Waals surface area contributed by atoms with Crippen molar-refractivity contribution in [3.05, 3.63) is 69.8 Å². The number of nitro benzene ring substituents is 1. The van der Waals surface area contributed by atoms with E-state index >= 15 is 0 Å². The SMILES string of the molecule is COC(=O)C(C(=O)OC)c1ccc(NC(=O)OCc2ccccc2)cc1[N+](=O)[O-]. The van der Waals surface area contributed by atoms with Crippen molar-refractivity contribution in [2.24, 2.45) is 0 Å². The zero-order valence-corrected chi connectivity index (χ0v) is 15.6. The van der Waals surface area contributed by atoms with Gasteiger partial charge in [-0.25, -0.2) is 4.79 Å². The molecular formula is C19H18N2O8. The zero-order valence-electron chi connectivity index (χ0n) is 15.6. The Morgan fingerprint density at radius 1 is 1.03 bits per heavy atom. The van der Waals surface area contributed by atoms with Gasteiger partial charge in [-0.1, -0.05) is 30.3 Å². The molecule has 1 amide bonds. The number of carbonyl (C=O) groups is 3. The van der Waals surface area contributed by atoms with E-state index in [2.05, 4.69) is 14.8 Å². The molecule has 0 bridgehead atoms. The fourth-order valence-corrected chi connectivity index (χ4v) is 2.49. The lowest BCUT2D eigenvalue weighted by Crippen LogP contribution is -2.25. The first-order valence-corrected chi connectivity index (χ1v) is 8.29. The fraction of sp³-hybridized carbons (Fsp3) is 0.211. The van der Waals surface area contributed by atoms with Gasteiger partial charge in [0.1, 0.15) is 6.61 Å². The molecule has 152 valence electrons. The van der Waals surface area contributed by atoms with Gasteiger partial charge < -0.3 is 14.2 Å². The highest BCUT2D eigenvalue weighted by Crippen LogP contribution is 2.31. The summed E-state index contributed by atoms with van der Waals surface area (Å²) in [7, 11) is 2.09. The van der Waals surface area contributed by atoms with E-state index in [1.54, 1.807) is 24.3 Å². The Hall–Kier alpha value is -3.95. The molecule has 0 unspecified atom stereocenters. The Kier molecular flexibility index (Phi) is 7.24. The lowest BCUT2D eigenvalue weighted by atomic mass is 9.97. The quantitative estimate of drug-likeness (QED) is 0.246. The van der Waals surface area contributed by atoms with Gasteiger partial charge in [-0.3, -0.25) is 25.0 Å². The maximum Gasteiger partial charge on any atom is 0.411 e. The molecule has 2 rings (SSSR count). The molecule has 0 aliphatic heterocycles. The van der Waals surface area contributed by atoms with Crippen molar-refractivity contribution in [1.82, 2.24) is 0 Å². The standard InChI is InChI=1S/C19H18N2O8/c1-27-17(22)16(18(23)28-2)14-9-8-13(10-15(14)21(25)26)20-19(24)29-11-12-6-4-3-5-7-12/h3-10,16H,11H2,1-2H3,(H,20,24). The molecular weight excluding hydrogens is 384 g/mol. The molecule has 0 aliphatic rings. The van der Waals surface area contributed by atoms with E-state index in [0.717, 1.165) is 25.8 Å². The maximum absolute atomic E-state index is 11.9. The van der Waals surface area contributed by atoms with Gasteiger partial charge in [-0.15, -0.1) is 0 Å². The molecule has 0 aromatic heterocycles. The number of nitrogens with one attached hydrogen (secondary N) is 1. The minimum atomic E-state index is -1.63. The number of anilines is 1. The average molecular weight is 402 g/mol. The Morgan fingerprint density at radius 2 is 1.66 bits per heavy atom. The van der Waals surface area contributed by atoms with Gasteiger partial charge >= 0.3 is 18.0 Å². The lowest BCUT2D eigenvalue weighted by Gasteiger charge is -2.14. The first-order chi connectivity index (χ1) is 13.9. The second-order valence-electron chi connectivity index (χ2n) is 5.70. The number of rotatable bonds is 7. The molecule has 0 fully saturated rings. The second kappa shape index (κ2) is 9.83. The molecule has 0 saturated carbocycles. The molecule has 2 aromatic carbocycles. The number of methoxy groups -OCH3 is 2. The highest BCUT2D eigenvalue weighted by molar-refractivity contribution is 6.02. The predicted octanol–water partition coefficient (Wildman–Crippen LogP) is 2.77. The third kappa shape index (κ3) is 5.51. The topological polar surface area (TPSA) is 134 Å². The van der Waals surface area contributed by atoms with E-state index in [1.807, 2.05) is 6.07 Å². The van der Waals surface area contributed by atoms with Crippen LogP contribution in [0.15, 0.2) is 48.5 Å². The number of benzene rings is 2. The molecule has 0 heterocycles. The number of amides is 1. The molecule has 0 spiro atoms. The van der Waals surface area contributed by atoms with Gasteiger partial charge in [0, 0.05) is 6.07 Å². The number of hydrogen-bond acceptors (Lipinski definition) is 8. The van der Waals surface area contributed by atoms with Gasteiger partial charge in [0.25, 0.3) is 5.69 Å². The van der Waals surface area contributed by atoms with E-state index in [1.165, 1.54) is 12.1 Å². The number of hydrogen-bond donors (Lipinski definition) is 1. The van der Waals surface area contributed by atoms with Crippen molar-refractivity contribution in [2.75, 3.05) is 19.5 Å². The lowest BCUT2D eigenvalue weighted by molar-refractivity contribution is -0.385. The monoisotopic (exact) mass is 402 g/mol. The molecule has 29 heavy (non-hydrogen) atoms. The maximum atomic E-state index is 11.9. The highest BCUT2D eigenvalue weighted by atomic mass is 16.6. The van der Waals surface area contributed by atoms with E-state index in [9.17, 15) is 24.5 Å². The van der Waals surface area contributed by atoms with Crippen molar-refractivity contribution in [3.8, 4) is 0 Å². The van der Waals surface area contributed by atoms with Crippen LogP contribution in [0.4, 0.5) is 16.2 Å². The predicted molar refractivity (Wildman–Crippen MR) is 100 cm³/mol. The molecule has 1 N–H and O–H groups in total. The first-order valence-electron chi connectivity index (χ1n) is 8.29. The van der Waals surface area contributed by atoms with E-state index in [-0.39, 0.29) is 17.9 Å². The normalized spacial score (nSPS) is 10.2. The van der Waals surface area contributed by atoms with Crippen LogP contribution in [-0.2, 0) is 30.4 Å². The zero-order chi connectivity index (χ0) is 21.4. The third-order valence-corrected chi connectivity index (χ3v) is 3.87. The van der Waals surface area contributed by atoms with Crippen LogP contribution >= 0.6 is 0 Å². The molecule has 2 aromatic rings. The van der Waals surface area contributed by atoms with Crippen molar-refractivity contribution in [3.63, 3.8) is 0 Å². The summed E-state index contributed by atoms with van der Waals surface area (Å²) in [6.45, 7) is 0.0135. The van der Waals surface area contributed by atoms with Crippen molar-refractivity contribution in [1.29, 1.82) is 0 Å². The van der Waals surface area contributed by atoms with Crippen LogP contribution in [0, 0.1) is 10.1 Å². The summed E-state index contributed by atoms with van der Waals surface area (Å²) >= 11 is 0. The van der Waals surface area contributed by atoms with Crippen molar-refractivity contribution < 1.29 is 33.5 Å². The van der Waals surface area contributed by atoms with Crippen LogP contribution in [0.25, 0.3) is 0 Å². The summed E-state index contributed by atoms with van der Waals surface area (Å²) in [4.78, 5) is 46.5. The van der Waals surface area contributed by atoms with Crippen LogP contribution < -0.4 is 5.32 Å². The molecule has 0 saturated heterocycles. The van der Waals surface area contributed by atoms with Crippen LogP contribution in [0.3, 0.4) is 0 Å². The Balaban J connectivity index is 2.22. The van der Waals surface area contributed by atoms with Gasteiger partial charge in [-0.2, -0.15) is 0 Å². The van der Waals surface area contributed by atoms with Gasteiger partial charge in [0.05, 0.1) is 30.4 Å². The molecule has 10 nitrogen and oxygen atoms in total. The van der Waals surface area contributed by atoms with Crippen molar-refractivity contribution >= 4 is 29.4 Å². The fourth-order valence-electron chi connectivity index (χ4n) is 2.49. The number of nitro groups is 1. The number of carbonyl (C=O) groups excluding carboxylic acids is 3. The van der Waals surface area contributed by atoms with E-state index in [4.69, 9.17) is 4.74 Å². The van der Waals surface area contributed by atoms with E-state index in [0.29, 0.717) is 0 Å². The second-order valence-corrected chi connectivity index (χ2v) is 5.70. The molecule has 0 radical (unpaired) electrons. The summed E-state index contributed by atoms with van der Waals surface area (Å²) in [6, 6.07) is 12.4. The third-order valence-electron chi connectivity index (χ3n) is 3.87. The van der Waals surface area contributed by atoms with Crippen LogP contribution in [0.2, 0.25) is 0 Å². The number of esters is 2.